The lowest BCUT2D eigenvalue weighted by molar-refractivity contribution is 0.465. The van der Waals surface area contributed by atoms with Crippen LogP contribution in [0.1, 0.15) is 5.82 Å². The Bertz CT molecular complexity index is 996. The molecule has 24 heavy (non-hydrogen) atoms. The van der Waals surface area contributed by atoms with E-state index in [9.17, 15) is 0 Å². The first-order valence-electron chi connectivity index (χ1n) is 7.33. The van der Waals surface area contributed by atoms with Gasteiger partial charge in [0.05, 0.1) is 16.8 Å². The second-order valence-corrected chi connectivity index (χ2v) is 6.61. The Morgan fingerprint density at radius 2 is 1.96 bits per heavy atom. The van der Waals surface area contributed by atoms with Crippen molar-refractivity contribution in [2.75, 3.05) is 0 Å². The predicted molar refractivity (Wildman–Crippen MR) is 95.0 cm³/mol. The van der Waals surface area contributed by atoms with Crippen molar-refractivity contribution in [2.45, 2.75) is 11.0 Å². The van der Waals surface area contributed by atoms with Gasteiger partial charge in [-0.25, -0.2) is 4.98 Å². The Labute approximate surface area is 147 Å². The molecule has 0 fully saturated rings. The number of fused-ring (bicyclic) bond motifs is 1. The summed E-state index contributed by atoms with van der Waals surface area (Å²) in [5.41, 5.74) is 2.84. The van der Waals surface area contributed by atoms with Gasteiger partial charge in [-0.05, 0) is 30.3 Å². The van der Waals surface area contributed by atoms with Crippen molar-refractivity contribution in [3.8, 4) is 11.5 Å². The van der Waals surface area contributed by atoms with E-state index in [1.807, 2.05) is 60.1 Å². The van der Waals surface area contributed by atoms with Crippen LogP contribution in [-0.2, 0) is 12.8 Å². The van der Waals surface area contributed by atoms with Crippen LogP contribution in [0, 0.1) is 0 Å². The highest BCUT2D eigenvalue weighted by Crippen LogP contribution is 2.27. The average Bonchev–Trinajstić information content (AvgIpc) is 3.19. The lowest BCUT2D eigenvalue weighted by atomic mass is 10.2. The van der Waals surface area contributed by atoms with Crippen molar-refractivity contribution in [1.29, 1.82) is 0 Å². The van der Waals surface area contributed by atoms with Crippen LogP contribution in [-0.4, -0.2) is 19.7 Å². The molecule has 0 saturated carbocycles. The molecule has 0 N–H and O–H groups in total. The maximum atomic E-state index is 6.03. The fourth-order valence-electron chi connectivity index (χ4n) is 2.44. The molecular formula is C17H13ClN4OS. The van der Waals surface area contributed by atoms with E-state index in [-0.39, 0.29) is 0 Å². The second-order valence-electron chi connectivity index (χ2n) is 5.25. The first-order valence-corrected chi connectivity index (χ1v) is 8.69. The number of benzene rings is 2. The van der Waals surface area contributed by atoms with Crippen molar-refractivity contribution in [3.63, 3.8) is 0 Å². The quantitative estimate of drug-likeness (QED) is 0.501. The van der Waals surface area contributed by atoms with Gasteiger partial charge in [-0.15, -0.1) is 10.2 Å². The standard InChI is InChI=1S/C17H13ClN4OS/c1-22-14-8-7-12(18)9-13(14)19-15(22)10-24-17-21-20-16(23-17)11-5-3-2-4-6-11/h2-9H,10H2,1H3. The largest absolute Gasteiger partial charge is 0.411 e. The van der Waals surface area contributed by atoms with E-state index in [4.69, 9.17) is 16.0 Å². The molecule has 0 amide bonds. The third-order valence-electron chi connectivity index (χ3n) is 3.69. The third-order valence-corrected chi connectivity index (χ3v) is 4.74. The van der Waals surface area contributed by atoms with Gasteiger partial charge >= 0.3 is 0 Å². The fraction of sp³-hybridized carbons (Fsp3) is 0.118. The van der Waals surface area contributed by atoms with Gasteiger partial charge < -0.3 is 8.98 Å². The number of imidazole rings is 1. The summed E-state index contributed by atoms with van der Waals surface area (Å²) in [6, 6.07) is 15.4. The highest BCUT2D eigenvalue weighted by atomic mass is 35.5. The van der Waals surface area contributed by atoms with Crippen LogP contribution in [0.5, 0.6) is 0 Å². The lowest BCUT2D eigenvalue weighted by Gasteiger charge is -2.00. The summed E-state index contributed by atoms with van der Waals surface area (Å²) >= 11 is 7.49. The van der Waals surface area contributed by atoms with Crippen molar-refractivity contribution in [3.05, 3.63) is 59.4 Å². The van der Waals surface area contributed by atoms with Crippen LogP contribution in [0.3, 0.4) is 0 Å². The maximum Gasteiger partial charge on any atom is 0.277 e. The smallest absolute Gasteiger partial charge is 0.277 e. The minimum Gasteiger partial charge on any atom is -0.411 e. The van der Waals surface area contributed by atoms with Crippen molar-refractivity contribution >= 4 is 34.4 Å². The number of aryl methyl sites for hydroxylation is 1. The summed E-state index contributed by atoms with van der Waals surface area (Å²) < 4.78 is 7.76. The van der Waals surface area contributed by atoms with Gasteiger partial charge in [0.15, 0.2) is 0 Å². The molecule has 5 nitrogen and oxygen atoms in total. The number of hydrogen-bond acceptors (Lipinski definition) is 5. The van der Waals surface area contributed by atoms with Gasteiger partial charge in [-0.2, -0.15) is 0 Å². The summed E-state index contributed by atoms with van der Waals surface area (Å²) in [6.07, 6.45) is 0. The number of thioether (sulfide) groups is 1. The number of rotatable bonds is 4. The fourth-order valence-corrected chi connectivity index (χ4v) is 3.36. The maximum absolute atomic E-state index is 6.03. The zero-order valence-corrected chi connectivity index (χ0v) is 14.4. The van der Waals surface area contributed by atoms with Crippen LogP contribution in [0.2, 0.25) is 5.02 Å². The second kappa shape index (κ2) is 6.30. The van der Waals surface area contributed by atoms with E-state index in [1.165, 1.54) is 11.8 Å². The summed E-state index contributed by atoms with van der Waals surface area (Å²) in [5, 5.41) is 9.40. The molecule has 120 valence electrons. The van der Waals surface area contributed by atoms with Gasteiger partial charge in [0.1, 0.15) is 5.82 Å². The third kappa shape index (κ3) is 2.90. The molecule has 4 rings (SSSR count). The molecule has 0 spiro atoms. The molecule has 0 saturated heterocycles. The summed E-state index contributed by atoms with van der Waals surface area (Å²) in [4.78, 5) is 4.62. The molecule has 4 aromatic rings. The SMILES string of the molecule is Cn1c(CSc2nnc(-c3ccccc3)o2)nc2cc(Cl)ccc21. The summed E-state index contributed by atoms with van der Waals surface area (Å²) in [5.74, 6) is 2.09. The number of hydrogen-bond donors (Lipinski definition) is 0. The van der Waals surface area contributed by atoms with Gasteiger partial charge in [-0.1, -0.05) is 41.6 Å². The number of halogens is 1. The first kappa shape index (κ1) is 15.2. The van der Waals surface area contributed by atoms with Crippen LogP contribution in [0.25, 0.3) is 22.5 Å². The van der Waals surface area contributed by atoms with E-state index in [0.717, 1.165) is 22.4 Å². The average molecular weight is 357 g/mol. The normalized spacial score (nSPS) is 11.2. The van der Waals surface area contributed by atoms with Gasteiger partial charge in [0.2, 0.25) is 5.89 Å². The number of nitrogens with zero attached hydrogens (tertiary/aromatic N) is 4. The first-order chi connectivity index (χ1) is 11.7. The molecular weight excluding hydrogens is 344 g/mol. The monoisotopic (exact) mass is 356 g/mol. The molecule has 0 bridgehead atoms. The van der Waals surface area contributed by atoms with Crippen LogP contribution in [0.15, 0.2) is 58.2 Å². The topological polar surface area (TPSA) is 56.7 Å². The summed E-state index contributed by atoms with van der Waals surface area (Å²) in [6.45, 7) is 0. The molecule has 2 aromatic carbocycles. The van der Waals surface area contributed by atoms with E-state index < -0.39 is 0 Å². The van der Waals surface area contributed by atoms with E-state index in [1.54, 1.807) is 0 Å². The minimum absolute atomic E-state index is 0.523. The Morgan fingerprint density at radius 3 is 2.79 bits per heavy atom. The molecule has 2 heterocycles. The molecule has 7 heteroatoms. The Morgan fingerprint density at radius 1 is 1.12 bits per heavy atom. The van der Waals surface area contributed by atoms with Crippen LogP contribution < -0.4 is 0 Å². The van der Waals surface area contributed by atoms with E-state index >= 15 is 0 Å². The molecule has 0 atom stereocenters. The molecule has 0 aliphatic carbocycles. The van der Waals surface area contributed by atoms with Crippen molar-refractivity contribution < 1.29 is 4.42 Å². The van der Waals surface area contributed by atoms with E-state index in [0.29, 0.717) is 21.9 Å². The highest BCUT2D eigenvalue weighted by molar-refractivity contribution is 7.98. The minimum atomic E-state index is 0.523. The zero-order valence-electron chi connectivity index (χ0n) is 12.8. The van der Waals surface area contributed by atoms with Crippen molar-refractivity contribution in [2.24, 2.45) is 7.05 Å². The van der Waals surface area contributed by atoms with Gasteiger partial charge in [0.25, 0.3) is 5.22 Å². The van der Waals surface area contributed by atoms with Crippen molar-refractivity contribution in [1.82, 2.24) is 19.7 Å². The van der Waals surface area contributed by atoms with Gasteiger partial charge in [0, 0.05) is 17.6 Å². The molecule has 0 unspecified atom stereocenters. The zero-order chi connectivity index (χ0) is 16.5. The van der Waals surface area contributed by atoms with Crippen LogP contribution in [0.4, 0.5) is 0 Å². The molecule has 0 aliphatic rings. The Hall–Kier alpha value is -2.31. The Kier molecular flexibility index (Phi) is 4.00. The molecule has 2 aromatic heterocycles. The summed E-state index contributed by atoms with van der Waals surface area (Å²) in [7, 11) is 1.99. The number of aromatic nitrogens is 4. The highest BCUT2D eigenvalue weighted by Gasteiger charge is 2.12. The predicted octanol–water partition coefficient (Wildman–Crippen LogP) is 4.57. The lowest BCUT2D eigenvalue weighted by Crippen LogP contribution is -1.95. The van der Waals surface area contributed by atoms with Crippen LogP contribution >= 0.6 is 23.4 Å². The molecule has 0 radical (unpaired) electrons. The van der Waals surface area contributed by atoms with Gasteiger partial charge in [-0.3, -0.25) is 0 Å². The van der Waals surface area contributed by atoms with E-state index in [2.05, 4.69) is 15.2 Å². The molecule has 0 aliphatic heterocycles. The Balaban J connectivity index is 1.53.